The van der Waals surface area contributed by atoms with Crippen LogP contribution in [0.1, 0.15) is 15.9 Å². The Hall–Kier alpha value is -2.99. The lowest BCUT2D eigenvalue weighted by Gasteiger charge is -2.10. The summed E-state index contributed by atoms with van der Waals surface area (Å²) in [6, 6.07) is 9.97. The van der Waals surface area contributed by atoms with Crippen molar-refractivity contribution in [1.82, 2.24) is 4.98 Å². The molecule has 2 N–H and O–H groups in total. The number of carbonyl (C=O) groups is 1. The van der Waals surface area contributed by atoms with E-state index in [2.05, 4.69) is 15.6 Å². The Labute approximate surface area is 153 Å². The summed E-state index contributed by atoms with van der Waals surface area (Å²) in [6.45, 7) is 1.90. The number of rotatable bonds is 4. The zero-order valence-corrected chi connectivity index (χ0v) is 14.4. The van der Waals surface area contributed by atoms with E-state index in [0.717, 1.165) is 23.4 Å². The third kappa shape index (κ3) is 4.15. The van der Waals surface area contributed by atoms with E-state index >= 15 is 0 Å². The summed E-state index contributed by atoms with van der Waals surface area (Å²) < 4.78 is 26.6. The molecule has 2 aromatic carbocycles. The zero-order valence-electron chi connectivity index (χ0n) is 13.7. The number of aryl methyl sites for hydroxylation is 1. The highest BCUT2D eigenvalue weighted by Crippen LogP contribution is 2.23. The van der Waals surface area contributed by atoms with Crippen LogP contribution in [0.4, 0.5) is 25.8 Å². The maximum Gasteiger partial charge on any atom is 0.257 e. The van der Waals surface area contributed by atoms with E-state index in [4.69, 9.17) is 11.6 Å². The Morgan fingerprint density at radius 1 is 1.04 bits per heavy atom. The molecule has 1 aromatic heterocycles. The molecule has 0 atom stereocenters. The fourth-order valence-corrected chi connectivity index (χ4v) is 2.44. The molecular formula is C19H14ClF2N3O. The number of anilines is 3. The van der Waals surface area contributed by atoms with Crippen LogP contribution < -0.4 is 10.6 Å². The molecule has 1 amide bonds. The average Bonchev–Trinajstić information content (AvgIpc) is 2.61. The predicted octanol–water partition coefficient (Wildman–Crippen LogP) is 5.32. The van der Waals surface area contributed by atoms with Crippen LogP contribution in [0.15, 0.2) is 54.9 Å². The Kier molecular flexibility index (Phi) is 5.14. The van der Waals surface area contributed by atoms with Gasteiger partial charge in [-0.05, 0) is 42.8 Å². The van der Waals surface area contributed by atoms with E-state index in [1.54, 1.807) is 18.3 Å². The van der Waals surface area contributed by atoms with Crippen LogP contribution >= 0.6 is 11.6 Å². The zero-order chi connectivity index (χ0) is 18.7. The van der Waals surface area contributed by atoms with E-state index in [1.165, 1.54) is 6.20 Å². The highest BCUT2D eigenvalue weighted by Gasteiger charge is 2.11. The second-order valence-corrected chi connectivity index (χ2v) is 6.04. The molecule has 0 fully saturated rings. The van der Waals surface area contributed by atoms with Crippen molar-refractivity contribution in [3.63, 3.8) is 0 Å². The fourth-order valence-electron chi connectivity index (χ4n) is 2.26. The van der Waals surface area contributed by atoms with Gasteiger partial charge in [-0.3, -0.25) is 9.78 Å². The van der Waals surface area contributed by atoms with E-state index in [0.29, 0.717) is 16.8 Å². The molecule has 0 radical (unpaired) electrons. The van der Waals surface area contributed by atoms with Crippen LogP contribution in [0, 0.1) is 18.6 Å². The van der Waals surface area contributed by atoms with E-state index in [9.17, 15) is 13.6 Å². The first kappa shape index (κ1) is 17.8. The summed E-state index contributed by atoms with van der Waals surface area (Å²) in [4.78, 5) is 16.3. The number of carbonyl (C=O) groups excluding carboxylic acids is 1. The van der Waals surface area contributed by atoms with Gasteiger partial charge >= 0.3 is 0 Å². The lowest BCUT2D eigenvalue weighted by molar-refractivity contribution is 0.102. The van der Waals surface area contributed by atoms with Crippen molar-refractivity contribution in [3.8, 4) is 0 Å². The summed E-state index contributed by atoms with van der Waals surface area (Å²) in [5.74, 6) is -2.13. The summed E-state index contributed by atoms with van der Waals surface area (Å²) in [5, 5.41) is 6.11. The molecule has 1 heterocycles. The van der Waals surface area contributed by atoms with Crippen molar-refractivity contribution in [2.24, 2.45) is 0 Å². The van der Waals surface area contributed by atoms with Crippen LogP contribution in [-0.4, -0.2) is 10.9 Å². The largest absolute Gasteiger partial charge is 0.354 e. The molecule has 132 valence electrons. The van der Waals surface area contributed by atoms with Gasteiger partial charge in [0.25, 0.3) is 5.91 Å². The number of pyridine rings is 1. The van der Waals surface area contributed by atoms with E-state index in [-0.39, 0.29) is 11.3 Å². The van der Waals surface area contributed by atoms with E-state index < -0.39 is 17.5 Å². The second kappa shape index (κ2) is 7.49. The second-order valence-electron chi connectivity index (χ2n) is 5.63. The molecule has 26 heavy (non-hydrogen) atoms. The maximum absolute atomic E-state index is 13.7. The molecule has 0 spiro atoms. The fraction of sp³-hybridized carbons (Fsp3) is 0.0526. The average molecular weight is 374 g/mol. The van der Waals surface area contributed by atoms with Gasteiger partial charge in [-0.25, -0.2) is 8.78 Å². The highest BCUT2D eigenvalue weighted by atomic mass is 35.5. The molecule has 4 nitrogen and oxygen atoms in total. The van der Waals surface area contributed by atoms with Gasteiger partial charge in [0.1, 0.15) is 11.6 Å². The minimum Gasteiger partial charge on any atom is -0.354 e. The van der Waals surface area contributed by atoms with Crippen molar-refractivity contribution >= 4 is 34.6 Å². The molecular weight excluding hydrogens is 360 g/mol. The molecule has 0 bridgehead atoms. The molecule has 7 heteroatoms. The van der Waals surface area contributed by atoms with Gasteiger partial charge in [0, 0.05) is 23.0 Å². The molecule has 0 saturated heterocycles. The van der Waals surface area contributed by atoms with Crippen molar-refractivity contribution in [1.29, 1.82) is 0 Å². The monoisotopic (exact) mass is 373 g/mol. The lowest BCUT2D eigenvalue weighted by Crippen LogP contribution is -2.13. The Balaban J connectivity index is 1.77. The van der Waals surface area contributed by atoms with Crippen molar-refractivity contribution in [2.75, 3.05) is 10.6 Å². The van der Waals surface area contributed by atoms with Gasteiger partial charge in [0.15, 0.2) is 0 Å². The SMILES string of the molecule is Cc1ccc(Nc2cncc(C(=O)Nc3ccc(F)cc3F)c2)cc1Cl. The Morgan fingerprint density at radius 3 is 2.58 bits per heavy atom. The van der Waals surface area contributed by atoms with Crippen LogP contribution in [0.2, 0.25) is 5.02 Å². The molecule has 0 aliphatic carbocycles. The Morgan fingerprint density at radius 2 is 1.85 bits per heavy atom. The van der Waals surface area contributed by atoms with Gasteiger partial charge in [0.05, 0.1) is 23.1 Å². The molecule has 0 aliphatic heterocycles. The third-order valence-corrected chi connectivity index (χ3v) is 4.05. The summed E-state index contributed by atoms with van der Waals surface area (Å²) in [6.07, 6.45) is 2.90. The minimum atomic E-state index is -0.852. The van der Waals surface area contributed by atoms with Gasteiger partial charge in [0.2, 0.25) is 0 Å². The summed E-state index contributed by atoms with van der Waals surface area (Å²) in [7, 11) is 0. The number of hydrogen-bond donors (Lipinski definition) is 2. The number of amides is 1. The molecule has 3 rings (SSSR count). The van der Waals surface area contributed by atoms with Gasteiger partial charge in [-0.2, -0.15) is 0 Å². The van der Waals surface area contributed by atoms with Crippen molar-refractivity contribution < 1.29 is 13.6 Å². The van der Waals surface area contributed by atoms with Crippen LogP contribution in [0.5, 0.6) is 0 Å². The number of nitrogens with one attached hydrogen (secondary N) is 2. The topological polar surface area (TPSA) is 54.0 Å². The summed E-state index contributed by atoms with van der Waals surface area (Å²) >= 11 is 6.10. The quantitative estimate of drug-likeness (QED) is 0.651. The van der Waals surface area contributed by atoms with Gasteiger partial charge in [-0.15, -0.1) is 0 Å². The molecule has 0 unspecified atom stereocenters. The highest BCUT2D eigenvalue weighted by molar-refractivity contribution is 6.31. The smallest absolute Gasteiger partial charge is 0.257 e. The molecule has 0 saturated carbocycles. The van der Waals surface area contributed by atoms with Crippen LogP contribution in [0.25, 0.3) is 0 Å². The van der Waals surface area contributed by atoms with Crippen molar-refractivity contribution in [3.05, 3.63) is 82.6 Å². The first-order valence-corrected chi connectivity index (χ1v) is 8.05. The number of aromatic nitrogens is 1. The van der Waals surface area contributed by atoms with E-state index in [1.807, 2.05) is 19.1 Å². The van der Waals surface area contributed by atoms with Gasteiger partial charge < -0.3 is 10.6 Å². The minimum absolute atomic E-state index is 0.111. The van der Waals surface area contributed by atoms with Crippen LogP contribution in [-0.2, 0) is 0 Å². The number of benzene rings is 2. The lowest BCUT2D eigenvalue weighted by atomic mass is 10.2. The third-order valence-electron chi connectivity index (χ3n) is 3.64. The number of hydrogen-bond acceptors (Lipinski definition) is 3. The number of halogens is 3. The molecule has 0 aliphatic rings. The first-order valence-electron chi connectivity index (χ1n) is 7.67. The Bertz CT molecular complexity index is 979. The number of nitrogens with zero attached hydrogens (tertiary/aromatic N) is 1. The van der Waals surface area contributed by atoms with Crippen LogP contribution in [0.3, 0.4) is 0 Å². The van der Waals surface area contributed by atoms with Crippen molar-refractivity contribution in [2.45, 2.75) is 6.92 Å². The predicted molar refractivity (Wildman–Crippen MR) is 98.0 cm³/mol. The first-order chi connectivity index (χ1) is 12.4. The standard InChI is InChI=1S/C19H14ClF2N3O/c1-11-2-4-14(8-16(11)20)24-15-6-12(9-23-10-15)19(26)25-18-5-3-13(21)7-17(18)22/h2-10,24H,1H3,(H,25,26). The van der Waals surface area contributed by atoms with Gasteiger partial charge in [-0.1, -0.05) is 17.7 Å². The normalized spacial score (nSPS) is 10.5. The maximum atomic E-state index is 13.7. The summed E-state index contributed by atoms with van der Waals surface area (Å²) in [5.41, 5.74) is 2.36. The molecule has 3 aromatic rings.